The molecule has 0 saturated heterocycles. The van der Waals surface area contributed by atoms with E-state index in [4.69, 9.17) is 10.6 Å². The molecule has 1 aromatic carbocycles. The molecule has 0 spiro atoms. The van der Waals surface area contributed by atoms with Gasteiger partial charge in [-0.3, -0.25) is 5.43 Å². The number of aromatic nitrogens is 2. The molecule has 3 aromatic rings. The quantitative estimate of drug-likeness (QED) is 0.573. The van der Waals surface area contributed by atoms with Crippen molar-refractivity contribution < 1.29 is 4.74 Å². The fourth-order valence-corrected chi connectivity index (χ4v) is 3.45. The van der Waals surface area contributed by atoms with Crippen LogP contribution in [-0.2, 0) is 12.8 Å². The molecule has 5 nitrogen and oxygen atoms in total. The SMILES string of the molecule is NNc1nc(Oc2ccc3c(c2)CCC3)c2ccsc2n1. The molecule has 6 heteroatoms. The van der Waals surface area contributed by atoms with Crippen LogP contribution in [0.4, 0.5) is 5.95 Å². The molecule has 2 aromatic heterocycles. The number of fused-ring (bicyclic) bond motifs is 2. The van der Waals surface area contributed by atoms with Gasteiger partial charge in [-0.1, -0.05) is 6.07 Å². The third-order valence-corrected chi connectivity index (χ3v) is 4.51. The monoisotopic (exact) mass is 298 g/mol. The molecule has 0 radical (unpaired) electrons. The summed E-state index contributed by atoms with van der Waals surface area (Å²) in [6.07, 6.45) is 3.52. The molecule has 2 heterocycles. The van der Waals surface area contributed by atoms with E-state index in [1.807, 2.05) is 17.5 Å². The van der Waals surface area contributed by atoms with Crippen LogP contribution < -0.4 is 16.0 Å². The zero-order chi connectivity index (χ0) is 14.2. The van der Waals surface area contributed by atoms with E-state index in [9.17, 15) is 0 Å². The third kappa shape index (κ3) is 2.22. The molecule has 0 atom stereocenters. The van der Waals surface area contributed by atoms with Gasteiger partial charge in [-0.2, -0.15) is 4.98 Å². The molecule has 0 amide bonds. The number of nitrogen functional groups attached to an aromatic ring is 1. The highest BCUT2D eigenvalue weighted by molar-refractivity contribution is 7.16. The summed E-state index contributed by atoms with van der Waals surface area (Å²) < 4.78 is 5.98. The molecule has 0 bridgehead atoms. The summed E-state index contributed by atoms with van der Waals surface area (Å²) in [5.41, 5.74) is 5.28. The van der Waals surface area contributed by atoms with Crippen LogP contribution in [-0.4, -0.2) is 9.97 Å². The zero-order valence-corrected chi connectivity index (χ0v) is 12.1. The highest BCUT2D eigenvalue weighted by atomic mass is 32.1. The van der Waals surface area contributed by atoms with Gasteiger partial charge in [-0.15, -0.1) is 11.3 Å². The summed E-state index contributed by atoms with van der Waals surface area (Å²) in [4.78, 5) is 9.48. The van der Waals surface area contributed by atoms with E-state index in [-0.39, 0.29) is 0 Å². The first-order valence-corrected chi connectivity index (χ1v) is 7.73. The maximum atomic E-state index is 5.98. The van der Waals surface area contributed by atoms with Gasteiger partial charge in [0.1, 0.15) is 10.6 Å². The standard InChI is InChI=1S/C15H14N4OS/c16-19-15-17-13(12-6-7-21-14(12)18-15)20-11-5-4-9-2-1-3-10(9)8-11/h4-8H,1-3,16H2,(H,17,18,19). The highest BCUT2D eigenvalue weighted by Gasteiger charge is 2.14. The van der Waals surface area contributed by atoms with Crippen molar-refractivity contribution in [3.05, 3.63) is 40.8 Å². The van der Waals surface area contributed by atoms with Crippen molar-refractivity contribution in [3.63, 3.8) is 0 Å². The normalized spacial score (nSPS) is 13.4. The topological polar surface area (TPSA) is 73.1 Å². The maximum Gasteiger partial charge on any atom is 0.241 e. The first kappa shape index (κ1) is 12.6. The molecule has 0 aliphatic heterocycles. The van der Waals surface area contributed by atoms with Gasteiger partial charge in [-0.25, -0.2) is 10.8 Å². The summed E-state index contributed by atoms with van der Waals surface area (Å²) in [6, 6.07) is 8.22. The number of hydrogen-bond donors (Lipinski definition) is 2. The van der Waals surface area contributed by atoms with E-state index >= 15 is 0 Å². The average molecular weight is 298 g/mol. The zero-order valence-electron chi connectivity index (χ0n) is 11.3. The van der Waals surface area contributed by atoms with E-state index < -0.39 is 0 Å². The number of hydrazine groups is 1. The predicted octanol–water partition coefficient (Wildman–Crippen LogP) is 3.26. The summed E-state index contributed by atoms with van der Waals surface area (Å²) in [5.74, 6) is 7.13. The summed E-state index contributed by atoms with van der Waals surface area (Å²) in [5, 5.41) is 2.87. The number of anilines is 1. The Kier molecular flexibility index (Phi) is 2.98. The van der Waals surface area contributed by atoms with Crippen LogP contribution in [0.25, 0.3) is 10.2 Å². The second-order valence-electron chi connectivity index (χ2n) is 5.02. The fourth-order valence-electron chi connectivity index (χ4n) is 2.69. The summed E-state index contributed by atoms with van der Waals surface area (Å²) >= 11 is 1.54. The third-order valence-electron chi connectivity index (χ3n) is 3.70. The Bertz CT molecular complexity index is 815. The van der Waals surface area contributed by atoms with Crippen LogP contribution in [0, 0.1) is 0 Å². The van der Waals surface area contributed by atoms with Crippen molar-refractivity contribution in [3.8, 4) is 11.6 Å². The van der Waals surface area contributed by atoms with Crippen molar-refractivity contribution in [2.75, 3.05) is 5.43 Å². The van der Waals surface area contributed by atoms with Gasteiger partial charge in [0.05, 0.1) is 5.39 Å². The van der Waals surface area contributed by atoms with Crippen LogP contribution in [0.3, 0.4) is 0 Å². The number of rotatable bonds is 3. The van der Waals surface area contributed by atoms with E-state index in [0.717, 1.165) is 22.4 Å². The van der Waals surface area contributed by atoms with Gasteiger partial charge >= 0.3 is 0 Å². The molecule has 0 fully saturated rings. The number of ether oxygens (including phenoxy) is 1. The first-order valence-electron chi connectivity index (χ1n) is 6.85. The maximum absolute atomic E-state index is 5.98. The smallest absolute Gasteiger partial charge is 0.241 e. The second-order valence-corrected chi connectivity index (χ2v) is 5.92. The minimum absolute atomic E-state index is 0.362. The van der Waals surface area contributed by atoms with Crippen molar-refractivity contribution in [1.29, 1.82) is 0 Å². The Hall–Kier alpha value is -2.18. The van der Waals surface area contributed by atoms with Crippen molar-refractivity contribution in [2.45, 2.75) is 19.3 Å². The predicted molar refractivity (Wildman–Crippen MR) is 83.8 cm³/mol. The van der Waals surface area contributed by atoms with Crippen molar-refractivity contribution >= 4 is 27.5 Å². The summed E-state index contributed by atoms with van der Waals surface area (Å²) in [7, 11) is 0. The Morgan fingerprint density at radius 3 is 2.95 bits per heavy atom. The number of nitrogens with one attached hydrogen (secondary N) is 1. The Balaban J connectivity index is 1.75. The Morgan fingerprint density at radius 1 is 1.14 bits per heavy atom. The number of nitrogens with two attached hydrogens (primary N) is 1. The van der Waals surface area contributed by atoms with Gasteiger partial charge in [0.2, 0.25) is 11.8 Å². The number of nitrogens with zero attached hydrogens (tertiary/aromatic N) is 2. The number of thiophene rings is 1. The lowest BCUT2D eigenvalue weighted by Crippen LogP contribution is -2.10. The van der Waals surface area contributed by atoms with Gasteiger partial charge in [0.15, 0.2) is 0 Å². The van der Waals surface area contributed by atoms with Crippen LogP contribution in [0.1, 0.15) is 17.5 Å². The molecule has 106 valence electrons. The molecule has 3 N–H and O–H groups in total. The second kappa shape index (κ2) is 4.98. The van der Waals surface area contributed by atoms with Gasteiger partial charge in [0, 0.05) is 0 Å². The molecule has 4 rings (SSSR count). The largest absolute Gasteiger partial charge is 0.438 e. The number of aryl methyl sites for hydroxylation is 2. The minimum atomic E-state index is 0.362. The summed E-state index contributed by atoms with van der Waals surface area (Å²) in [6.45, 7) is 0. The lowest BCUT2D eigenvalue weighted by atomic mass is 10.1. The van der Waals surface area contributed by atoms with E-state index in [1.54, 1.807) is 0 Å². The number of hydrogen-bond acceptors (Lipinski definition) is 6. The molecule has 0 unspecified atom stereocenters. The molecule has 0 saturated carbocycles. The molecule has 21 heavy (non-hydrogen) atoms. The molecule has 1 aliphatic carbocycles. The van der Waals surface area contributed by atoms with Gasteiger partial charge < -0.3 is 4.74 Å². The van der Waals surface area contributed by atoms with E-state index in [2.05, 4.69) is 27.5 Å². The van der Waals surface area contributed by atoms with Crippen LogP contribution in [0.2, 0.25) is 0 Å². The van der Waals surface area contributed by atoms with Gasteiger partial charge in [-0.05, 0) is 54.0 Å². The lowest BCUT2D eigenvalue weighted by Gasteiger charge is -2.09. The fraction of sp³-hybridized carbons (Fsp3) is 0.200. The lowest BCUT2D eigenvalue weighted by molar-refractivity contribution is 0.468. The van der Waals surface area contributed by atoms with Crippen LogP contribution >= 0.6 is 11.3 Å². The molecular formula is C15H14N4OS. The van der Waals surface area contributed by atoms with Crippen LogP contribution in [0.15, 0.2) is 29.6 Å². The Morgan fingerprint density at radius 2 is 2.05 bits per heavy atom. The number of benzene rings is 1. The van der Waals surface area contributed by atoms with Crippen molar-refractivity contribution in [2.24, 2.45) is 5.84 Å². The van der Waals surface area contributed by atoms with Crippen LogP contribution in [0.5, 0.6) is 11.6 Å². The van der Waals surface area contributed by atoms with E-state index in [0.29, 0.717) is 11.8 Å². The van der Waals surface area contributed by atoms with Gasteiger partial charge in [0.25, 0.3) is 0 Å². The molecule has 1 aliphatic rings. The minimum Gasteiger partial charge on any atom is -0.438 e. The Labute approximate surface area is 125 Å². The van der Waals surface area contributed by atoms with E-state index in [1.165, 1.54) is 35.3 Å². The van der Waals surface area contributed by atoms with Crippen molar-refractivity contribution in [1.82, 2.24) is 9.97 Å². The highest BCUT2D eigenvalue weighted by Crippen LogP contribution is 2.33. The average Bonchev–Trinajstić information content (AvgIpc) is 3.14. The first-order chi connectivity index (χ1) is 10.3. The molecular weight excluding hydrogens is 284 g/mol.